The first-order chi connectivity index (χ1) is 5.76. The zero-order chi connectivity index (χ0) is 9.40. The van der Waals surface area contributed by atoms with Crippen molar-refractivity contribution < 1.29 is 14.3 Å². The molecule has 0 rings (SSSR count). The van der Waals surface area contributed by atoms with Gasteiger partial charge in [-0.1, -0.05) is 6.08 Å². The molecule has 0 aliphatic rings. The molecule has 0 saturated heterocycles. The summed E-state index contributed by atoms with van der Waals surface area (Å²) in [5, 5.41) is 0. The number of ether oxygens (including phenoxy) is 2. The first kappa shape index (κ1) is 11.3. The van der Waals surface area contributed by atoms with Crippen LogP contribution in [0.15, 0.2) is 12.7 Å². The monoisotopic (exact) mass is 172 g/mol. The van der Waals surface area contributed by atoms with Crippen LogP contribution in [0.25, 0.3) is 0 Å². The first-order valence-corrected chi connectivity index (χ1v) is 3.95. The maximum atomic E-state index is 11.2. The molecule has 0 N–H and O–H groups in total. The molecule has 0 aromatic heterocycles. The molecule has 0 saturated carbocycles. The number of allylic oxidation sites excluding steroid dienone is 1. The molecular weight excluding hydrogens is 156 g/mol. The maximum absolute atomic E-state index is 11.2. The minimum Gasteiger partial charge on any atom is -0.349 e. The van der Waals surface area contributed by atoms with Gasteiger partial charge in [0.15, 0.2) is 5.78 Å². The third kappa shape index (κ3) is 4.26. The van der Waals surface area contributed by atoms with Crippen molar-refractivity contribution in [1.29, 1.82) is 0 Å². The van der Waals surface area contributed by atoms with E-state index >= 15 is 0 Å². The Hall–Kier alpha value is -0.670. The second-order valence-electron chi connectivity index (χ2n) is 2.45. The molecule has 3 heteroatoms. The summed E-state index contributed by atoms with van der Waals surface area (Å²) in [6.07, 6.45) is 3.24. The molecule has 70 valence electrons. The molecule has 0 amide bonds. The molecule has 3 nitrogen and oxygen atoms in total. The lowest BCUT2D eigenvalue weighted by atomic mass is 10.2. The highest BCUT2D eigenvalue weighted by molar-refractivity contribution is 5.81. The van der Waals surface area contributed by atoms with E-state index in [9.17, 15) is 4.79 Å². The maximum Gasteiger partial charge on any atom is 0.217 e. The first-order valence-electron chi connectivity index (χ1n) is 3.95. The van der Waals surface area contributed by atoms with Crippen LogP contribution in [0.3, 0.4) is 0 Å². The average Bonchev–Trinajstić information content (AvgIpc) is 2.07. The highest BCUT2D eigenvalue weighted by atomic mass is 16.7. The molecule has 12 heavy (non-hydrogen) atoms. The third-order valence-electron chi connectivity index (χ3n) is 1.52. The Morgan fingerprint density at radius 2 is 2.08 bits per heavy atom. The van der Waals surface area contributed by atoms with E-state index in [-0.39, 0.29) is 5.78 Å². The van der Waals surface area contributed by atoms with Gasteiger partial charge in [0.2, 0.25) is 6.29 Å². The highest BCUT2D eigenvalue weighted by Crippen LogP contribution is 2.02. The van der Waals surface area contributed by atoms with Crippen molar-refractivity contribution in [2.45, 2.75) is 25.6 Å². The predicted octanol–water partition coefficient (Wildman–Crippen LogP) is 1.53. The fourth-order valence-electron chi connectivity index (χ4n) is 0.898. The lowest BCUT2D eigenvalue weighted by Crippen LogP contribution is -2.24. The number of rotatable bonds is 7. The molecule has 0 bridgehead atoms. The lowest BCUT2D eigenvalue weighted by molar-refractivity contribution is -0.156. The van der Waals surface area contributed by atoms with Gasteiger partial charge in [-0.2, -0.15) is 0 Å². The zero-order valence-electron chi connectivity index (χ0n) is 7.71. The smallest absolute Gasteiger partial charge is 0.217 e. The Morgan fingerprint density at radius 1 is 1.50 bits per heavy atom. The Morgan fingerprint density at radius 3 is 2.50 bits per heavy atom. The number of hydrogen-bond donors (Lipinski definition) is 0. The van der Waals surface area contributed by atoms with Gasteiger partial charge in [0.05, 0.1) is 0 Å². The van der Waals surface area contributed by atoms with Crippen LogP contribution in [-0.2, 0) is 14.3 Å². The Labute approximate surface area is 73.4 Å². The van der Waals surface area contributed by atoms with E-state index in [4.69, 9.17) is 9.47 Å². The third-order valence-corrected chi connectivity index (χ3v) is 1.52. The van der Waals surface area contributed by atoms with Crippen LogP contribution in [0.2, 0.25) is 0 Å². The van der Waals surface area contributed by atoms with Crippen molar-refractivity contribution in [3.05, 3.63) is 12.7 Å². The van der Waals surface area contributed by atoms with Crippen LogP contribution in [-0.4, -0.2) is 26.3 Å². The molecule has 0 spiro atoms. The summed E-state index contributed by atoms with van der Waals surface area (Å²) in [6, 6.07) is 0. The zero-order valence-corrected chi connectivity index (χ0v) is 7.71. The van der Waals surface area contributed by atoms with Crippen molar-refractivity contribution >= 4 is 5.78 Å². The number of carbonyl (C=O) groups excluding carboxylic acids is 1. The molecule has 0 aliphatic carbocycles. The van der Waals surface area contributed by atoms with Crippen molar-refractivity contribution in [3.8, 4) is 0 Å². The lowest BCUT2D eigenvalue weighted by Gasteiger charge is -2.10. The largest absolute Gasteiger partial charge is 0.349 e. The second-order valence-corrected chi connectivity index (χ2v) is 2.45. The standard InChI is InChI=1S/C9H16O3/c1-4-5-6-7-8(10)9(11-2)12-3/h4,9H,1,5-7H2,2-3H3. The minimum atomic E-state index is -0.699. The molecule has 0 unspecified atom stereocenters. The van der Waals surface area contributed by atoms with Gasteiger partial charge in [0.25, 0.3) is 0 Å². The molecule has 0 atom stereocenters. The number of hydrogen-bond acceptors (Lipinski definition) is 3. The molecule has 0 heterocycles. The summed E-state index contributed by atoms with van der Waals surface area (Å²) in [4.78, 5) is 11.2. The summed E-state index contributed by atoms with van der Waals surface area (Å²) in [6.45, 7) is 3.57. The van der Waals surface area contributed by atoms with Gasteiger partial charge < -0.3 is 9.47 Å². The van der Waals surface area contributed by atoms with Crippen LogP contribution >= 0.6 is 0 Å². The van der Waals surface area contributed by atoms with Gasteiger partial charge in [0, 0.05) is 20.6 Å². The van der Waals surface area contributed by atoms with E-state index in [0.29, 0.717) is 6.42 Å². The van der Waals surface area contributed by atoms with Crippen LogP contribution in [0, 0.1) is 0 Å². The molecule has 0 aliphatic heterocycles. The summed E-state index contributed by atoms with van der Waals surface area (Å²) in [7, 11) is 2.92. The number of methoxy groups -OCH3 is 2. The van der Waals surface area contributed by atoms with E-state index in [1.807, 2.05) is 0 Å². The van der Waals surface area contributed by atoms with Gasteiger partial charge in [-0.15, -0.1) is 6.58 Å². The number of carbonyl (C=O) groups is 1. The minimum absolute atomic E-state index is 0.0122. The molecule has 0 aromatic rings. The van der Waals surface area contributed by atoms with Gasteiger partial charge in [-0.05, 0) is 12.8 Å². The Bertz CT molecular complexity index is 139. The number of unbranched alkanes of at least 4 members (excludes halogenated alkanes) is 1. The fraction of sp³-hybridized carbons (Fsp3) is 0.667. The van der Waals surface area contributed by atoms with Gasteiger partial charge in [-0.3, -0.25) is 4.79 Å². The van der Waals surface area contributed by atoms with E-state index in [2.05, 4.69) is 6.58 Å². The summed E-state index contributed by atoms with van der Waals surface area (Å²) in [5.74, 6) is -0.0122. The van der Waals surface area contributed by atoms with Crippen LogP contribution in [0.1, 0.15) is 19.3 Å². The Balaban J connectivity index is 3.61. The molecule has 0 aromatic carbocycles. The Kier molecular flexibility index (Phi) is 6.61. The predicted molar refractivity (Wildman–Crippen MR) is 46.9 cm³/mol. The normalized spacial score (nSPS) is 10.2. The van der Waals surface area contributed by atoms with Crippen LogP contribution in [0.4, 0.5) is 0 Å². The average molecular weight is 172 g/mol. The highest BCUT2D eigenvalue weighted by Gasteiger charge is 2.14. The topological polar surface area (TPSA) is 35.5 Å². The number of ketones is 1. The van der Waals surface area contributed by atoms with Gasteiger partial charge in [-0.25, -0.2) is 0 Å². The number of Topliss-reactive ketones (excluding diaryl/α,β-unsaturated/α-hetero) is 1. The van der Waals surface area contributed by atoms with Crippen molar-refractivity contribution in [2.24, 2.45) is 0 Å². The molecule has 0 radical (unpaired) electrons. The molecule has 0 fully saturated rings. The van der Waals surface area contributed by atoms with Crippen LogP contribution < -0.4 is 0 Å². The fourth-order valence-corrected chi connectivity index (χ4v) is 0.898. The van der Waals surface area contributed by atoms with Crippen molar-refractivity contribution in [1.82, 2.24) is 0 Å². The summed E-state index contributed by atoms with van der Waals surface area (Å²) >= 11 is 0. The van der Waals surface area contributed by atoms with Crippen LogP contribution in [0.5, 0.6) is 0 Å². The van der Waals surface area contributed by atoms with Gasteiger partial charge in [0.1, 0.15) is 0 Å². The van der Waals surface area contributed by atoms with E-state index in [1.54, 1.807) is 6.08 Å². The van der Waals surface area contributed by atoms with Gasteiger partial charge >= 0.3 is 0 Å². The summed E-state index contributed by atoms with van der Waals surface area (Å²) in [5.41, 5.74) is 0. The van der Waals surface area contributed by atoms with E-state index in [0.717, 1.165) is 12.8 Å². The molecular formula is C9H16O3. The summed E-state index contributed by atoms with van der Waals surface area (Å²) < 4.78 is 9.59. The van der Waals surface area contributed by atoms with Crippen molar-refractivity contribution in [3.63, 3.8) is 0 Å². The SMILES string of the molecule is C=CCCCC(=O)C(OC)OC. The van der Waals surface area contributed by atoms with E-state index < -0.39 is 6.29 Å². The van der Waals surface area contributed by atoms with E-state index in [1.165, 1.54) is 14.2 Å². The second kappa shape index (κ2) is 7.00. The quantitative estimate of drug-likeness (QED) is 0.332. The van der Waals surface area contributed by atoms with Crippen molar-refractivity contribution in [2.75, 3.05) is 14.2 Å².